The van der Waals surface area contributed by atoms with E-state index in [2.05, 4.69) is 0 Å². The molecule has 18 heavy (non-hydrogen) atoms. The van der Waals surface area contributed by atoms with E-state index in [1.807, 2.05) is 12.1 Å². The average Bonchev–Trinajstić information content (AvgIpc) is 3.00. The Kier molecular flexibility index (Phi) is 4.04. The summed E-state index contributed by atoms with van der Waals surface area (Å²) in [6, 6.07) is 5.38. The van der Waals surface area contributed by atoms with Crippen molar-refractivity contribution in [1.82, 2.24) is 4.31 Å². The fourth-order valence-electron chi connectivity index (χ4n) is 2.29. The number of nitriles is 1. The monoisotopic (exact) mass is 268 g/mol. The van der Waals surface area contributed by atoms with Gasteiger partial charge in [-0.05, 0) is 31.4 Å². The van der Waals surface area contributed by atoms with E-state index in [1.54, 1.807) is 12.3 Å². The predicted octanol–water partition coefficient (Wildman–Crippen LogP) is 2.05. The molecule has 1 fully saturated rings. The van der Waals surface area contributed by atoms with Gasteiger partial charge in [-0.15, -0.1) is 0 Å². The molecule has 0 aliphatic carbocycles. The molecule has 0 aromatic carbocycles. The Balaban J connectivity index is 2.09. The first-order valence-electron chi connectivity index (χ1n) is 6.05. The quantitative estimate of drug-likeness (QED) is 0.766. The van der Waals surface area contributed by atoms with E-state index in [1.165, 1.54) is 4.31 Å². The molecule has 2 heterocycles. The molecule has 6 heteroatoms. The van der Waals surface area contributed by atoms with Gasteiger partial charge in [0.25, 0.3) is 0 Å². The van der Waals surface area contributed by atoms with E-state index in [0.29, 0.717) is 18.7 Å². The second-order valence-corrected chi connectivity index (χ2v) is 6.40. The Morgan fingerprint density at radius 3 is 3.06 bits per heavy atom. The fourth-order valence-corrected chi connectivity index (χ4v) is 4.04. The first kappa shape index (κ1) is 13.1. The van der Waals surface area contributed by atoms with Crippen molar-refractivity contribution in [1.29, 1.82) is 5.26 Å². The first-order chi connectivity index (χ1) is 8.65. The van der Waals surface area contributed by atoms with Crippen LogP contribution in [-0.2, 0) is 10.0 Å². The lowest BCUT2D eigenvalue weighted by molar-refractivity contribution is 0.339. The molecule has 98 valence electrons. The molecule has 2 rings (SSSR count). The average molecular weight is 268 g/mol. The second kappa shape index (κ2) is 5.55. The van der Waals surface area contributed by atoms with E-state index in [9.17, 15) is 8.42 Å². The highest BCUT2D eigenvalue weighted by atomic mass is 32.2. The Labute approximate surface area is 107 Å². The number of rotatable bonds is 5. The normalized spacial score (nSPS) is 20.9. The molecule has 1 aromatic rings. The second-order valence-electron chi connectivity index (χ2n) is 4.36. The number of nitrogens with zero attached hydrogens (tertiary/aromatic N) is 2. The molecule has 0 unspecified atom stereocenters. The zero-order valence-corrected chi connectivity index (χ0v) is 10.9. The molecule has 0 saturated carbocycles. The van der Waals surface area contributed by atoms with Gasteiger partial charge < -0.3 is 4.42 Å². The number of sulfonamides is 1. The van der Waals surface area contributed by atoms with Gasteiger partial charge in [-0.1, -0.05) is 0 Å². The smallest absolute Gasteiger partial charge is 0.214 e. The number of unbranched alkanes of at least 4 members (excludes halogenated alkanes) is 1. The van der Waals surface area contributed by atoms with Gasteiger partial charge in [-0.3, -0.25) is 0 Å². The third-order valence-electron chi connectivity index (χ3n) is 3.12. The summed E-state index contributed by atoms with van der Waals surface area (Å²) in [4.78, 5) is 0. The van der Waals surface area contributed by atoms with Crippen LogP contribution in [-0.4, -0.2) is 25.0 Å². The van der Waals surface area contributed by atoms with Gasteiger partial charge in [-0.2, -0.15) is 9.57 Å². The van der Waals surface area contributed by atoms with Gasteiger partial charge >= 0.3 is 0 Å². The molecule has 1 aliphatic rings. The lowest BCUT2D eigenvalue weighted by Gasteiger charge is -2.22. The minimum Gasteiger partial charge on any atom is -0.468 e. The summed E-state index contributed by atoms with van der Waals surface area (Å²) in [7, 11) is -3.29. The summed E-state index contributed by atoms with van der Waals surface area (Å²) >= 11 is 0. The highest BCUT2D eigenvalue weighted by Gasteiger charge is 2.36. The third-order valence-corrected chi connectivity index (χ3v) is 5.08. The maximum atomic E-state index is 12.2. The van der Waals surface area contributed by atoms with Crippen LogP contribution in [0, 0.1) is 11.3 Å². The van der Waals surface area contributed by atoms with Crippen molar-refractivity contribution in [3.05, 3.63) is 24.2 Å². The van der Waals surface area contributed by atoms with Gasteiger partial charge in [0, 0.05) is 13.0 Å². The highest BCUT2D eigenvalue weighted by Crippen LogP contribution is 2.34. The van der Waals surface area contributed by atoms with Crippen LogP contribution in [0.25, 0.3) is 0 Å². The Bertz CT molecular complexity index is 516. The number of hydrogen-bond donors (Lipinski definition) is 0. The molecular formula is C12H16N2O3S. The van der Waals surface area contributed by atoms with Crippen molar-refractivity contribution < 1.29 is 12.8 Å². The molecule has 0 amide bonds. The molecule has 0 N–H and O–H groups in total. The van der Waals surface area contributed by atoms with Crippen LogP contribution < -0.4 is 0 Å². The van der Waals surface area contributed by atoms with Crippen LogP contribution in [0.1, 0.15) is 37.5 Å². The molecular weight excluding hydrogens is 252 g/mol. The minimum atomic E-state index is -3.29. The van der Waals surface area contributed by atoms with Crippen LogP contribution in [0.15, 0.2) is 22.8 Å². The summed E-state index contributed by atoms with van der Waals surface area (Å²) < 4.78 is 31.2. The molecule has 1 aromatic heterocycles. The van der Waals surface area contributed by atoms with Crippen molar-refractivity contribution >= 4 is 10.0 Å². The van der Waals surface area contributed by atoms with E-state index < -0.39 is 10.0 Å². The maximum absolute atomic E-state index is 12.2. The fraction of sp³-hybridized carbons (Fsp3) is 0.583. The topological polar surface area (TPSA) is 74.3 Å². The van der Waals surface area contributed by atoms with Crippen molar-refractivity contribution in [2.45, 2.75) is 31.7 Å². The molecule has 0 radical (unpaired) electrons. The van der Waals surface area contributed by atoms with Crippen LogP contribution in [0.2, 0.25) is 0 Å². The zero-order chi connectivity index (χ0) is 13.0. The first-order valence-corrected chi connectivity index (χ1v) is 7.66. The SMILES string of the molecule is N#CCCCS(=O)(=O)N1CCC[C@H]1c1ccco1. The van der Waals surface area contributed by atoms with E-state index in [-0.39, 0.29) is 18.2 Å². The van der Waals surface area contributed by atoms with Crippen molar-refractivity contribution in [2.75, 3.05) is 12.3 Å². The van der Waals surface area contributed by atoms with Crippen LogP contribution in [0.4, 0.5) is 0 Å². The van der Waals surface area contributed by atoms with Crippen LogP contribution >= 0.6 is 0 Å². The largest absolute Gasteiger partial charge is 0.468 e. The van der Waals surface area contributed by atoms with Crippen molar-refractivity contribution in [2.24, 2.45) is 0 Å². The van der Waals surface area contributed by atoms with E-state index in [0.717, 1.165) is 12.8 Å². The summed E-state index contributed by atoms with van der Waals surface area (Å²) in [5.41, 5.74) is 0. The summed E-state index contributed by atoms with van der Waals surface area (Å²) in [5.74, 6) is 0.744. The Morgan fingerprint density at radius 2 is 2.39 bits per heavy atom. The Hall–Kier alpha value is -1.32. The number of hydrogen-bond acceptors (Lipinski definition) is 4. The van der Waals surface area contributed by atoms with E-state index >= 15 is 0 Å². The summed E-state index contributed by atoms with van der Waals surface area (Å²) in [6.07, 6.45) is 3.88. The highest BCUT2D eigenvalue weighted by molar-refractivity contribution is 7.89. The van der Waals surface area contributed by atoms with Gasteiger partial charge in [0.05, 0.1) is 24.1 Å². The molecule has 1 atom stereocenters. The van der Waals surface area contributed by atoms with Gasteiger partial charge in [-0.25, -0.2) is 8.42 Å². The van der Waals surface area contributed by atoms with Crippen LogP contribution in [0.5, 0.6) is 0 Å². The third kappa shape index (κ3) is 2.74. The van der Waals surface area contributed by atoms with Gasteiger partial charge in [0.2, 0.25) is 10.0 Å². The van der Waals surface area contributed by atoms with Crippen LogP contribution in [0.3, 0.4) is 0 Å². The summed E-state index contributed by atoms with van der Waals surface area (Å²) in [5, 5.41) is 8.46. The zero-order valence-electron chi connectivity index (χ0n) is 10.1. The summed E-state index contributed by atoms with van der Waals surface area (Å²) in [6.45, 7) is 0.542. The molecule has 0 spiro atoms. The molecule has 1 aliphatic heterocycles. The van der Waals surface area contributed by atoms with Gasteiger partial charge in [0.15, 0.2) is 0 Å². The van der Waals surface area contributed by atoms with Crippen molar-refractivity contribution in [3.63, 3.8) is 0 Å². The lowest BCUT2D eigenvalue weighted by Crippen LogP contribution is -2.32. The molecule has 0 bridgehead atoms. The standard InChI is InChI=1S/C12H16N2O3S/c13-7-1-2-10-18(15,16)14-8-3-5-11(14)12-6-4-9-17-12/h4,6,9,11H,1-3,5,8,10H2/t11-/m0/s1. The predicted molar refractivity (Wildman–Crippen MR) is 66.0 cm³/mol. The van der Waals surface area contributed by atoms with Gasteiger partial charge in [0.1, 0.15) is 5.76 Å². The minimum absolute atomic E-state index is 0.0395. The lowest BCUT2D eigenvalue weighted by atomic mass is 10.2. The maximum Gasteiger partial charge on any atom is 0.214 e. The molecule has 5 nitrogen and oxygen atoms in total. The van der Waals surface area contributed by atoms with E-state index in [4.69, 9.17) is 9.68 Å². The number of furan rings is 1. The molecule has 1 saturated heterocycles. The van der Waals surface area contributed by atoms with Crippen molar-refractivity contribution in [3.8, 4) is 6.07 Å². The Morgan fingerprint density at radius 1 is 1.56 bits per heavy atom.